The van der Waals surface area contributed by atoms with Gasteiger partial charge in [0.1, 0.15) is 11.6 Å². The van der Waals surface area contributed by atoms with Crippen LogP contribution in [0.4, 0.5) is 5.82 Å². The van der Waals surface area contributed by atoms with E-state index >= 15 is 0 Å². The third-order valence-electron chi connectivity index (χ3n) is 2.77. The Morgan fingerprint density at radius 3 is 2.50 bits per heavy atom. The highest BCUT2D eigenvalue weighted by molar-refractivity contribution is 5.80. The van der Waals surface area contributed by atoms with Crippen molar-refractivity contribution in [1.82, 2.24) is 9.97 Å². The lowest BCUT2D eigenvalue weighted by Crippen LogP contribution is -2.37. The van der Waals surface area contributed by atoms with Gasteiger partial charge < -0.3 is 15.8 Å². The van der Waals surface area contributed by atoms with Crippen molar-refractivity contribution in [3.8, 4) is 5.88 Å². The Labute approximate surface area is 107 Å². The van der Waals surface area contributed by atoms with Gasteiger partial charge in [-0.25, -0.2) is 4.98 Å². The molecular formula is C12H20N4O2. The molecule has 0 saturated heterocycles. The quantitative estimate of drug-likeness (QED) is 0.816. The zero-order valence-electron chi connectivity index (χ0n) is 11.5. The molecule has 0 spiro atoms. The Morgan fingerprint density at radius 2 is 2.00 bits per heavy atom. The number of primary amides is 1. The number of anilines is 1. The summed E-state index contributed by atoms with van der Waals surface area (Å²) in [4.78, 5) is 19.7. The van der Waals surface area contributed by atoms with Crippen molar-refractivity contribution in [1.29, 1.82) is 0 Å². The first-order chi connectivity index (χ1) is 8.27. The molecule has 18 heavy (non-hydrogen) atoms. The van der Waals surface area contributed by atoms with Crippen LogP contribution < -0.4 is 15.8 Å². The normalized spacial score (nSPS) is 11.2. The number of carbonyl (C=O) groups is 1. The summed E-state index contributed by atoms with van der Waals surface area (Å²) in [5, 5.41) is 3.12. The number of rotatable bonds is 5. The van der Waals surface area contributed by atoms with E-state index in [0.29, 0.717) is 24.1 Å². The molecule has 0 bridgehead atoms. The van der Waals surface area contributed by atoms with E-state index < -0.39 is 5.41 Å². The largest absolute Gasteiger partial charge is 0.481 e. The van der Waals surface area contributed by atoms with Crippen LogP contribution in [0.2, 0.25) is 0 Å². The number of carbonyl (C=O) groups excluding carboxylic acids is 1. The van der Waals surface area contributed by atoms with E-state index in [1.54, 1.807) is 27.9 Å². The lowest BCUT2D eigenvalue weighted by atomic mass is 9.93. The summed E-state index contributed by atoms with van der Waals surface area (Å²) in [6, 6.07) is 0. The first kappa shape index (κ1) is 14.2. The van der Waals surface area contributed by atoms with Crippen molar-refractivity contribution in [2.75, 3.05) is 19.0 Å². The predicted octanol–water partition coefficient (Wildman–Crippen LogP) is 1.03. The molecule has 1 heterocycles. The van der Waals surface area contributed by atoms with Gasteiger partial charge in [-0.15, -0.1) is 0 Å². The minimum Gasteiger partial charge on any atom is -0.481 e. The molecule has 100 valence electrons. The molecule has 0 aromatic carbocycles. The topological polar surface area (TPSA) is 90.1 Å². The number of amides is 1. The van der Waals surface area contributed by atoms with Gasteiger partial charge in [-0.2, -0.15) is 4.98 Å². The fourth-order valence-electron chi connectivity index (χ4n) is 1.37. The van der Waals surface area contributed by atoms with Crippen LogP contribution >= 0.6 is 0 Å². The monoisotopic (exact) mass is 252 g/mol. The third kappa shape index (κ3) is 3.09. The van der Waals surface area contributed by atoms with Crippen LogP contribution in [0, 0.1) is 19.3 Å². The number of aryl methyl sites for hydroxylation is 1. The molecule has 1 aromatic heterocycles. The van der Waals surface area contributed by atoms with Crippen molar-refractivity contribution in [2.45, 2.75) is 27.7 Å². The first-order valence-electron chi connectivity index (χ1n) is 5.71. The summed E-state index contributed by atoms with van der Waals surface area (Å²) in [6.07, 6.45) is 0. The molecule has 0 radical (unpaired) electrons. The number of hydrogen-bond donors (Lipinski definition) is 2. The first-order valence-corrected chi connectivity index (χ1v) is 5.71. The second-order valence-electron chi connectivity index (χ2n) is 4.86. The molecule has 0 fully saturated rings. The van der Waals surface area contributed by atoms with Crippen LogP contribution in [0.3, 0.4) is 0 Å². The van der Waals surface area contributed by atoms with Gasteiger partial charge in [0.05, 0.1) is 18.1 Å². The molecule has 6 heteroatoms. The van der Waals surface area contributed by atoms with Gasteiger partial charge in [-0.05, 0) is 27.7 Å². The second-order valence-corrected chi connectivity index (χ2v) is 4.86. The van der Waals surface area contributed by atoms with Crippen LogP contribution in [-0.2, 0) is 4.79 Å². The Kier molecular flexibility index (Phi) is 4.11. The van der Waals surface area contributed by atoms with E-state index in [4.69, 9.17) is 10.5 Å². The minimum atomic E-state index is -0.640. The molecule has 0 atom stereocenters. The summed E-state index contributed by atoms with van der Waals surface area (Å²) in [7, 11) is 1.56. The maximum Gasteiger partial charge on any atom is 0.224 e. The van der Waals surface area contributed by atoms with E-state index in [0.717, 1.165) is 5.56 Å². The maximum atomic E-state index is 11.2. The summed E-state index contributed by atoms with van der Waals surface area (Å²) < 4.78 is 5.16. The molecule has 1 rings (SSSR count). The highest BCUT2D eigenvalue weighted by atomic mass is 16.5. The molecule has 0 saturated carbocycles. The smallest absolute Gasteiger partial charge is 0.224 e. The molecular weight excluding hydrogens is 232 g/mol. The van der Waals surface area contributed by atoms with Gasteiger partial charge in [0, 0.05) is 6.54 Å². The lowest BCUT2D eigenvalue weighted by Gasteiger charge is -2.22. The third-order valence-corrected chi connectivity index (χ3v) is 2.77. The molecule has 0 aliphatic heterocycles. The highest BCUT2D eigenvalue weighted by Crippen LogP contribution is 2.23. The van der Waals surface area contributed by atoms with Crippen molar-refractivity contribution < 1.29 is 9.53 Å². The summed E-state index contributed by atoms with van der Waals surface area (Å²) in [6.45, 7) is 7.61. The van der Waals surface area contributed by atoms with Crippen LogP contribution in [0.15, 0.2) is 0 Å². The molecule has 3 N–H and O–H groups in total. The van der Waals surface area contributed by atoms with E-state index in [-0.39, 0.29) is 5.91 Å². The molecule has 1 aromatic rings. The average Bonchev–Trinajstić information content (AvgIpc) is 2.29. The van der Waals surface area contributed by atoms with Crippen molar-refractivity contribution in [3.05, 3.63) is 11.4 Å². The van der Waals surface area contributed by atoms with Gasteiger partial charge in [0.15, 0.2) is 0 Å². The van der Waals surface area contributed by atoms with E-state index in [1.165, 1.54) is 0 Å². The van der Waals surface area contributed by atoms with Gasteiger partial charge in [-0.1, -0.05) is 0 Å². The van der Waals surface area contributed by atoms with Crippen LogP contribution in [-0.4, -0.2) is 29.5 Å². The summed E-state index contributed by atoms with van der Waals surface area (Å²) >= 11 is 0. The molecule has 1 amide bonds. The van der Waals surface area contributed by atoms with Crippen molar-refractivity contribution >= 4 is 11.7 Å². The van der Waals surface area contributed by atoms with E-state index in [9.17, 15) is 4.79 Å². The SMILES string of the molecule is COc1nc(C)nc(NCC(C)(C)C(N)=O)c1C. The second kappa shape index (κ2) is 5.20. The zero-order valence-corrected chi connectivity index (χ0v) is 11.5. The van der Waals surface area contributed by atoms with Crippen LogP contribution in [0.5, 0.6) is 5.88 Å². The Hall–Kier alpha value is -1.85. The van der Waals surface area contributed by atoms with Gasteiger partial charge in [-0.3, -0.25) is 4.79 Å². The highest BCUT2D eigenvalue weighted by Gasteiger charge is 2.25. The molecule has 0 aliphatic carbocycles. The maximum absolute atomic E-state index is 11.2. The summed E-state index contributed by atoms with van der Waals surface area (Å²) in [5.74, 6) is 1.44. The number of nitrogens with two attached hydrogens (primary N) is 1. The number of nitrogens with one attached hydrogen (secondary N) is 1. The molecule has 0 aliphatic rings. The number of methoxy groups -OCH3 is 1. The van der Waals surface area contributed by atoms with Crippen LogP contribution in [0.1, 0.15) is 25.2 Å². The number of nitrogens with zero attached hydrogens (tertiary/aromatic N) is 2. The fourth-order valence-corrected chi connectivity index (χ4v) is 1.37. The molecule has 6 nitrogen and oxygen atoms in total. The standard InChI is InChI=1S/C12H20N4O2/c1-7-9(14-6-12(3,4)11(13)17)15-8(2)16-10(7)18-5/h6H2,1-5H3,(H2,13,17)(H,14,15,16). The lowest BCUT2D eigenvalue weighted by molar-refractivity contribution is -0.125. The predicted molar refractivity (Wildman–Crippen MR) is 69.5 cm³/mol. The Morgan fingerprint density at radius 1 is 1.39 bits per heavy atom. The fraction of sp³-hybridized carbons (Fsp3) is 0.583. The van der Waals surface area contributed by atoms with Crippen molar-refractivity contribution in [3.63, 3.8) is 0 Å². The van der Waals surface area contributed by atoms with Gasteiger partial charge in [0.25, 0.3) is 0 Å². The number of aromatic nitrogens is 2. The average molecular weight is 252 g/mol. The Bertz CT molecular complexity index is 458. The van der Waals surface area contributed by atoms with Crippen LogP contribution in [0.25, 0.3) is 0 Å². The van der Waals surface area contributed by atoms with Gasteiger partial charge >= 0.3 is 0 Å². The van der Waals surface area contributed by atoms with Gasteiger partial charge in [0.2, 0.25) is 11.8 Å². The summed E-state index contributed by atoms with van der Waals surface area (Å²) in [5.41, 5.74) is 5.49. The van der Waals surface area contributed by atoms with E-state index in [1.807, 2.05) is 6.92 Å². The Balaban J connectivity index is 2.92. The molecule has 0 unspecified atom stereocenters. The number of hydrogen-bond acceptors (Lipinski definition) is 5. The minimum absolute atomic E-state index is 0.356. The zero-order chi connectivity index (χ0) is 13.9. The number of ether oxygens (including phenoxy) is 1. The van der Waals surface area contributed by atoms with Crippen molar-refractivity contribution in [2.24, 2.45) is 11.1 Å². The van der Waals surface area contributed by atoms with E-state index in [2.05, 4.69) is 15.3 Å².